The molecule has 1 aromatic rings. The molecule has 6 heteroatoms. The van der Waals surface area contributed by atoms with Gasteiger partial charge in [0.2, 0.25) is 0 Å². The van der Waals surface area contributed by atoms with Gasteiger partial charge in [0.15, 0.2) is 0 Å². The number of likely N-dealkylation sites (tertiary alicyclic amines) is 1. The van der Waals surface area contributed by atoms with E-state index in [9.17, 15) is 14.4 Å². The molecule has 1 N–H and O–H groups in total. The Labute approximate surface area is 148 Å². The molecule has 134 valence electrons. The average Bonchev–Trinajstić information content (AvgIpc) is 2.78. The van der Waals surface area contributed by atoms with Crippen molar-refractivity contribution < 1.29 is 14.4 Å². The Bertz CT molecular complexity index is 710. The van der Waals surface area contributed by atoms with Gasteiger partial charge >= 0.3 is 6.03 Å². The lowest BCUT2D eigenvalue weighted by molar-refractivity contribution is -0.131. The monoisotopic (exact) mass is 343 g/mol. The molecule has 25 heavy (non-hydrogen) atoms. The molecule has 0 aliphatic carbocycles. The van der Waals surface area contributed by atoms with Crippen molar-refractivity contribution in [2.75, 3.05) is 20.1 Å². The maximum atomic E-state index is 12.7. The van der Waals surface area contributed by atoms with E-state index in [1.165, 1.54) is 12.6 Å². The Morgan fingerprint density at radius 3 is 2.08 bits per heavy atom. The summed E-state index contributed by atoms with van der Waals surface area (Å²) in [5, 5.41) is 2.79. The van der Waals surface area contributed by atoms with E-state index < -0.39 is 5.54 Å². The Kier molecular flexibility index (Phi) is 4.09. The molecule has 2 saturated heterocycles. The van der Waals surface area contributed by atoms with Gasteiger partial charge in [0, 0.05) is 25.7 Å². The largest absolute Gasteiger partial charge is 0.338 e. The fourth-order valence-electron chi connectivity index (χ4n) is 3.48. The van der Waals surface area contributed by atoms with E-state index in [-0.39, 0.29) is 23.3 Å². The molecule has 2 heterocycles. The minimum absolute atomic E-state index is 0.0274. The second-order valence-corrected chi connectivity index (χ2v) is 8.00. The minimum Gasteiger partial charge on any atom is -0.338 e. The highest BCUT2D eigenvalue weighted by Gasteiger charge is 2.51. The summed E-state index contributed by atoms with van der Waals surface area (Å²) < 4.78 is 0. The molecule has 0 unspecified atom stereocenters. The second-order valence-electron chi connectivity index (χ2n) is 8.00. The van der Waals surface area contributed by atoms with E-state index in [2.05, 4.69) is 26.1 Å². The molecule has 0 saturated carbocycles. The van der Waals surface area contributed by atoms with E-state index in [0.717, 1.165) is 4.90 Å². The van der Waals surface area contributed by atoms with Crippen LogP contribution in [0.5, 0.6) is 0 Å². The van der Waals surface area contributed by atoms with Gasteiger partial charge in [0.1, 0.15) is 5.54 Å². The van der Waals surface area contributed by atoms with Crippen LogP contribution in [-0.2, 0) is 10.2 Å². The first-order chi connectivity index (χ1) is 11.6. The van der Waals surface area contributed by atoms with E-state index in [1.807, 2.05) is 24.3 Å². The number of nitrogens with zero attached hydrogens (tertiary/aromatic N) is 2. The fourth-order valence-corrected chi connectivity index (χ4v) is 3.48. The number of amides is 4. The maximum Gasteiger partial charge on any atom is 0.324 e. The quantitative estimate of drug-likeness (QED) is 0.794. The highest BCUT2D eigenvalue weighted by atomic mass is 16.2. The molecule has 3 rings (SSSR count). The van der Waals surface area contributed by atoms with Gasteiger partial charge in [-0.1, -0.05) is 32.9 Å². The zero-order chi connectivity index (χ0) is 18.4. The second kappa shape index (κ2) is 5.86. The summed E-state index contributed by atoms with van der Waals surface area (Å²) in [6.45, 7) is 7.33. The van der Waals surface area contributed by atoms with Gasteiger partial charge in [-0.2, -0.15) is 0 Å². The Morgan fingerprint density at radius 1 is 1.08 bits per heavy atom. The van der Waals surface area contributed by atoms with Crippen LogP contribution >= 0.6 is 0 Å². The molecule has 6 nitrogen and oxygen atoms in total. The van der Waals surface area contributed by atoms with Gasteiger partial charge in [-0.3, -0.25) is 14.5 Å². The third kappa shape index (κ3) is 3.01. The van der Waals surface area contributed by atoms with Crippen molar-refractivity contribution in [3.63, 3.8) is 0 Å². The van der Waals surface area contributed by atoms with Crippen molar-refractivity contribution in [1.29, 1.82) is 0 Å². The average molecular weight is 343 g/mol. The normalized spacial score (nSPS) is 20.2. The van der Waals surface area contributed by atoms with Crippen LogP contribution in [0.25, 0.3) is 0 Å². The molecule has 2 fully saturated rings. The highest BCUT2D eigenvalue weighted by molar-refractivity contribution is 6.07. The van der Waals surface area contributed by atoms with Gasteiger partial charge in [0.05, 0.1) is 0 Å². The van der Waals surface area contributed by atoms with Crippen LogP contribution in [0.4, 0.5) is 4.79 Å². The third-order valence-electron chi connectivity index (χ3n) is 5.27. The molecule has 0 atom stereocenters. The van der Waals surface area contributed by atoms with Crippen LogP contribution in [-0.4, -0.2) is 53.3 Å². The number of rotatable bonds is 1. The van der Waals surface area contributed by atoms with Crippen molar-refractivity contribution >= 4 is 17.8 Å². The third-order valence-corrected chi connectivity index (χ3v) is 5.27. The smallest absolute Gasteiger partial charge is 0.324 e. The van der Waals surface area contributed by atoms with Gasteiger partial charge in [0.25, 0.3) is 11.8 Å². The van der Waals surface area contributed by atoms with Gasteiger partial charge in [-0.05, 0) is 36.0 Å². The van der Waals surface area contributed by atoms with Crippen LogP contribution in [0.2, 0.25) is 0 Å². The Balaban J connectivity index is 1.68. The van der Waals surface area contributed by atoms with Gasteiger partial charge in [-0.25, -0.2) is 4.79 Å². The molecular formula is C19H25N3O3. The molecule has 0 aromatic heterocycles. The highest BCUT2D eigenvalue weighted by Crippen LogP contribution is 2.29. The van der Waals surface area contributed by atoms with E-state index in [1.54, 1.807) is 4.90 Å². The summed E-state index contributed by atoms with van der Waals surface area (Å²) in [6, 6.07) is 7.36. The van der Waals surface area contributed by atoms with Gasteiger partial charge in [-0.15, -0.1) is 0 Å². The topological polar surface area (TPSA) is 69.7 Å². The van der Waals surface area contributed by atoms with Crippen LogP contribution in [0.1, 0.15) is 49.5 Å². The summed E-state index contributed by atoms with van der Waals surface area (Å²) in [5.41, 5.74) is 1.05. The number of hydrogen-bond acceptors (Lipinski definition) is 3. The molecule has 1 spiro atoms. The zero-order valence-corrected chi connectivity index (χ0v) is 15.3. The lowest BCUT2D eigenvalue weighted by atomic mass is 9.86. The number of likely N-dealkylation sites (N-methyl/N-ethyl adjacent to an activating group) is 1. The summed E-state index contributed by atoms with van der Waals surface area (Å²) >= 11 is 0. The summed E-state index contributed by atoms with van der Waals surface area (Å²) in [5.74, 6) is -0.223. The number of urea groups is 1. The first kappa shape index (κ1) is 17.5. The number of benzene rings is 1. The molecule has 0 radical (unpaired) electrons. The van der Waals surface area contributed by atoms with Crippen LogP contribution in [0.15, 0.2) is 24.3 Å². The lowest BCUT2D eigenvalue weighted by Gasteiger charge is -2.37. The van der Waals surface area contributed by atoms with E-state index >= 15 is 0 Å². The summed E-state index contributed by atoms with van der Waals surface area (Å²) in [4.78, 5) is 39.6. The van der Waals surface area contributed by atoms with Crippen molar-refractivity contribution in [3.8, 4) is 0 Å². The number of carbonyl (C=O) groups excluding carboxylic acids is 3. The van der Waals surface area contributed by atoms with Crippen molar-refractivity contribution in [2.45, 2.75) is 44.6 Å². The maximum absolute atomic E-state index is 12.7. The van der Waals surface area contributed by atoms with Crippen LogP contribution < -0.4 is 5.32 Å². The summed E-state index contributed by atoms with van der Waals surface area (Å²) in [6.07, 6.45) is 0.904. The SMILES string of the molecule is CN1C(=O)NC2(CCN(C(=O)c3ccc(C(C)(C)C)cc3)CC2)C1=O. The predicted octanol–water partition coefficient (Wildman–Crippen LogP) is 2.14. The molecule has 4 amide bonds. The van der Waals surface area contributed by atoms with Crippen LogP contribution in [0, 0.1) is 0 Å². The summed E-state index contributed by atoms with van der Waals surface area (Å²) in [7, 11) is 1.49. The molecule has 2 aliphatic rings. The van der Waals surface area contributed by atoms with Crippen molar-refractivity contribution in [3.05, 3.63) is 35.4 Å². The number of nitrogens with one attached hydrogen (secondary N) is 1. The number of imide groups is 1. The van der Waals surface area contributed by atoms with E-state index in [4.69, 9.17) is 0 Å². The predicted molar refractivity (Wildman–Crippen MR) is 94.3 cm³/mol. The fraction of sp³-hybridized carbons (Fsp3) is 0.526. The Hall–Kier alpha value is -2.37. The number of hydrogen-bond donors (Lipinski definition) is 1. The first-order valence-electron chi connectivity index (χ1n) is 8.64. The minimum atomic E-state index is -0.835. The molecule has 1 aromatic carbocycles. The van der Waals surface area contributed by atoms with Gasteiger partial charge < -0.3 is 10.2 Å². The molecule has 0 bridgehead atoms. The zero-order valence-electron chi connectivity index (χ0n) is 15.3. The lowest BCUT2D eigenvalue weighted by Crippen LogP contribution is -2.55. The number of carbonyl (C=O) groups is 3. The number of piperidine rings is 1. The van der Waals surface area contributed by atoms with Crippen molar-refractivity contribution in [1.82, 2.24) is 15.1 Å². The Morgan fingerprint density at radius 2 is 1.64 bits per heavy atom. The van der Waals surface area contributed by atoms with Crippen LogP contribution in [0.3, 0.4) is 0 Å². The first-order valence-corrected chi connectivity index (χ1v) is 8.64. The standard InChI is InChI=1S/C19H25N3O3/c1-18(2,3)14-7-5-13(6-8-14)15(23)22-11-9-19(10-12-22)16(24)21(4)17(25)20-19/h5-8H,9-12H2,1-4H3,(H,20,25). The molecular weight excluding hydrogens is 318 g/mol. The van der Waals surface area contributed by atoms with E-state index in [0.29, 0.717) is 31.5 Å². The molecule has 2 aliphatic heterocycles. The van der Waals surface area contributed by atoms with Crippen molar-refractivity contribution in [2.24, 2.45) is 0 Å².